The second-order valence-electron chi connectivity index (χ2n) is 6.32. The van der Waals surface area contributed by atoms with Crippen LogP contribution in [0, 0.1) is 27.7 Å². The molecule has 0 spiro atoms. The van der Waals surface area contributed by atoms with Gasteiger partial charge < -0.3 is 15.2 Å². The maximum Gasteiger partial charge on any atom is 0.175 e. The van der Waals surface area contributed by atoms with E-state index in [0.717, 1.165) is 17.1 Å². The second-order valence-corrected chi connectivity index (χ2v) is 6.73. The Balaban J connectivity index is 1.71. The largest absolute Gasteiger partial charge is 0.332 e. The minimum atomic E-state index is 0.592. The van der Waals surface area contributed by atoms with E-state index in [1.807, 2.05) is 24.3 Å². The molecule has 25 heavy (non-hydrogen) atoms. The van der Waals surface area contributed by atoms with Gasteiger partial charge in [-0.25, -0.2) is 0 Å². The third-order valence-corrected chi connectivity index (χ3v) is 4.71. The summed E-state index contributed by atoms with van der Waals surface area (Å²) in [5.41, 5.74) is 8.06. The molecule has 3 rings (SSSR count). The lowest BCUT2D eigenvalue weighted by molar-refractivity contribution is 0.966. The van der Waals surface area contributed by atoms with Crippen molar-refractivity contribution in [1.82, 2.24) is 4.57 Å². The van der Waals surface area contributed by atoms with E-state index in [0.29, 0.717) is 5.11 Å². The average Bonchev–Trinajstić information content (AvgIpc) is 2.91. The Labute approximate surface area is 154 Å². The molecule has 0 saturated heterocycles. The molecule has 0 aliphatic carbocycles. The quantitative estimate of drug-likeness (QED) is 0.610. The molecule has 1 aromatic heterocycles. The highest BCUT2D eigenvalue weighted by molar-refractivity contribution is 7.80. The first kappa shape index (κ1) is 17.2. The smallest absolute Gasteiger partial charge is 0.175 e. The van der Waals surface area contributed by atoms with Crippen molar-refractivity contribution in [2.75, 3.05) is 10.6 Å². The van der Waals surface area contributed by atoms with Crippen molar-refractivity contribution in [3.8, 4) is 5.69 Å². The molecule has 0 aliphatic heterocycles. The summed E-state index contributed by atoms with van der Waals surface area (Å²) in [4.78, 5) is 0. The molecule has 0 radical (unpaired) electrons. The van der Waals surface area contributed by atoms with Gasteiger partial charge in [0.15, 0.2) is 5.11 Å². The molecule has 3 nitrogen and oxygen atoms in total. The van der Waals surface area contributed by atoms with E-state index in [1.54, 1.807) is 0 Å². The van der Waals surface area contributed by atoms with Crippen molar-refractivity contribution in [2.24, 2.45) is 0 Å². The van der Waals surface area contributed by atoms with Gasteiger partial charge in [-0.2, -0.15) is 0 Å². The second kappa shape index (κ2) is 7.11. The molecule has 1 heterocycles. The van der Waals surface area contributed by atoms with E-state index in [1.165, 1.54) is 22.5 Å². The molecule has 0 fully saturated rings. The number of anilines is 2. The van der Waals surface area contributed by atoms with Crippen molar-refractivity contribution in [2.45, 2.75) is 27.7 Å². The number of hydrogen-bond donors (Lipinski definition) is 2. The van der Waals surface area contributed by atoms with Crippen molar-refractivity contribution < 1.29 is 0 Å². The van der Waals surface area contributed by atoms with Gasteiger partial charge in [0.2, 0.25) is 0 Å². The summed E-state index contributed by atoms with van der Waals surface area (Å²) in [6, 6.07) is 18.7. The lowest BCUT2D eigenvalue weighted by Gasteiger charge is -2.15. The lowest BCUT2D eigenvalue weighted by Crippen LogP contribution is -2.19. The zero-order valence-electron chi connectivity index (χ0n) is 15.1. The van der Waals surface area contributed by atoms with E-state index in [9.17, 15) is 0 Å². The van der Waals surface area contributed by atoms with Crippen molar-refractivity contribution in [1.29, 1.82) is 0 Å². The van der Waals surface area contributed by atoms with Crippen LogP contribution in [0.3, 0.4) is 0 Å². The normalized spacial score (nSPS) is 10.6. The van der Waals surface area contributed by atoms with Crippen molar-refractivity contribution in [3.63, 3.8) is 0 Å². The van der Waals surface area contributed by atoms with Gasteiger partial charge in [0, 0.05) is 28.5 Å². The first-order valence-electron chi connectivity index (χ1n) is 8.35. The summed E-state index contributed by atoms with van der Waals surface area (Å²) >= 11 is 5.45. The van der Waals surface area contributed by atoms with Crippen LogP contribution in [0.25, 0.3) is 5.69 Å². The van der Waals surface area contributed by atoms with E-state index in [-0.39, 0.29) is 0 Å². The van der Waals surface area contributed by atoms with Gasteiger partial charge in [0.05, 0.1) is 0 Å². The van der Waals surface area contributed by atoms with E-state index in [4.69, 9.17) is 12.2 Å². The number of aromatic nitrogens is 1. The molecule has 0 unspecified atom stereocenters. The first-order chi connectivity index (χ1) is 12.0. The fourth-order valence-electron chi connectivity index (χ4n) is 2.94. The van der Waals surface area contributed by atoms with Gasteiger partial charge in [0.1, 0.15) is 0 Å². The van der Waals surface area contributed by atoms with Gasteiger partial charge in [-0.15, -0.1) is 0 Å². The fourth-order valence-corrected chi connectivity index (χ4v) is 3.17. The molecule has 2 aromatic carbocycles. The van der Waals surface area contributed by atoms with Crippen LogP contribution < -0.4 is 10.6 Å². The highest BCUT2D eigenvalue weighted by atomic mass is 32.1. The minimum absolute atomic E-state index is 0.592. The summed E-state index contributed by atoms with van der Waals surface area (Å²) in [5.74, 6) is 0. The van der Waals surface area contributed by atoms with E-state index >= 15 is 0 Å². The van der Waals surface area contributed by atoms with Crippen LogP contribution in [-0.4, -0.2) is 9.68 Å². The Morgan fingerprint density at radius 3 is 2.08 bits per heavy atom. The highest BCUT2D eigenvalue weighted by Crippen LogP contribution is 2.20. The summed E-state index contributed by atoms with van der Waals surface area (Å²) in [6.45, 7) is 8.42. The zero-order valence-corrected chi connectivity index (χ0v) is 15.9. The van der Waals surface area contributed by atoms with Crippen LogP contribution in [0.4, 0.5) is 11.4 Å². The average molecular weight is 350 g/mol. The SMILES string of the molecule is Cc1cccc(NC(=S)Nc2ccc(-n3c(C)ccc3C)cc2)c1C. The number of hydrogen-bond acceptors (Lipinski definition) is 1. The standard InChI is InChI=1S/C21H23N3S/c1-14-6-5-7-20(17(14)4)23-21(25)22-18-10-12-19(13-11-18)24-15(2)8-9-16(24)3/h5-13H,1-4H3,(H2,22,23,25). The predicted molar refractivity (Wildman–Crippen MR) is 111 cm³/mol. The molecule has 0 saturated carbocycles. The monoisotopic (exact) mass is 349 g/mol. The molecule has 3 aromatic rings. The molecule has 0 atom stereocenters. The Hall–Kier alpha value is -2.59. The molecular weight excluding hydrogens is 326 g/mol. The molecule has 0 amide bonds. The molecular formula is C21H23N3S. The van der Waals surface area contributed by atoms with E-state index < -0.39 is 0 Å². The van der Waals surface area contributed by atoms with E-state index in [2.05, 4.69) is 73.2 Å². The van der Waals surface area contributed by atoms with Crippen LogP contribution in [0.2, 0.25) is 0 Å². The van der Waals surface area contributed by atoms with Crippen molar-refractivity contribution in [3.05, 3.63) is 77.1 Å². The number of aryl methyl sites for hydroxylation is 3. The van der Waals surface area contributed by atoms with Gasteiger partial charge in [0.25, 0.3) is 0 Å². The van der Waals surface area contributed by atoms with Gasteiger partial charge in [-0.3, -0.25) is 0 Å². The summed E-state index contributed by atoms with van der Waals surface area (Å²) < 4.78 is 2.23. The topological polar surface area (TPSA) is 29.0 Å². The van der Waals surface area contributed by atoms with Gasteiger partial charge >= 0.3 is 0 Å². The molecule has 0 aliphatic rings. The Morgan fingerprint density at radius 1 is 0.800 bits per heavy atom. The number of nitrogens with zero attached hydrogens (tertiary/aromatic N) is 1. The van der Waals surface area contributed by atoms with Gasteiger partial charge in [-0.1, -0.05) is 12.1 Å². The van der Waals surface area contributed by atoms with Crippen LogP contribution in [0.1, 0.15) is 22.5 Å². The van der Waals surface area contributed by atoms with Crippen LogP contribution in [0.15, 0.2) is 54.6 Å². The number of benzene rings is 2. The maximum absolute atomic E-state index is 5.45. The maximum atomic E-state index is 5.45. The summed E-state index contributed by atoms with van der Waals surface area (Å²) in [6.07, 6.45) is 0. The molecule has 128 valence electrons. The lowest BCUT2D eigenvalue weighted by atomic mass is 10.1. The van der Waals surface area contributed by atoms with Crippen LogP contribution in [-0.2, 0) is 0 Å². The fraction of sp³-hybridized carbons (Fsp3) is 0.190. The summed E-state index contributed by atoms with van der Waals surface area (Å²) in [7, 11) is 0. The highest BCUT2D eigenvalue weighted by Gasteiger charge is 2.06. The first-order valence-corrected chi connectivity index (χ1v) is 8.76. The van der Waals surface area contributed by atoms with Crippen LogP contribution in [0.5, 0.6) is 0 Å². The minimum Gasteiger partial charge on any atom is -0.332 e. The Bertz CT molecular complexity index is 888. The molecule has 2 N–H and O–H groups in total. The van der Waals surface area contributed by atoms with Crippen LogP contribution >= 0.6 is 12.2 Å². The number of nitrogens with one attached hydrogen (secondary N) is 2. The Morgan fingerprint density at radius 2 is 1.44 bits per heavy atom. The zero-order chi connectivity index (χ0) is 18.0. The number of thiocarbonyl (C=S) groups is 1. The number of rotatable bonds is 3. The summed E-state index contributed by atoms with van der Waals surface area (Å²) in [5, 5.41) is 7.12. The Kier molecular flexibility index (Phi) is 4.91. The van der Waals surface area contributed by atoms with Crippen molar-refractivity contribution >= 4 is 28.7 Å². The third-order valence-electron chi connectivity index (χ3n) is 4.51. The molecule has 0 bridgehead atoms. The predicted octanol–water partition coefficient (Wildman–Crippen LogP) is 5.52. The third kappa shape index (κ3) is 3.74. The van der Waals surface area contributed by atoms with Gasteiger partial charge in [-0.05, 0) is 93.5 Å². The molecule has 4 heteroatoms.